The zero-order valence-electron chi connectivity index (χ0n) is 12.8. The Morgan fingerprint density at radius 1 is 1.00 bits per heavy atom. The predicted octanol–water partition coefficient (Wildman–Crippen LogP) is 2.85. The zero-order chi connectivity index (χ0) is 16.5. The fourth-order valence-electron chi connectivity index (χ4n) is 1.88. The first-order valence-electron chi connectivity index (χ1n) is 7.20. The van der Waals surface area contributed by atoms with Gasteiger partial charge in [0.25, 0.3) is 0 Å². The summed E-state index contributed by atoms with van der Waals surface area (Å²) >= 11 is 1.70. The van der Waals surface area contributed by atoms with Gasteiger partial charge in [0.2, 0.25) is 5.91 Å². The van der Waals surface area contributed by atoms with Crippen molar-refractivity contribution in [3.8, 4) is 0 Å². The fourth-order valence-corrected chi connectivity index (χ4v) is 2.87. The van der Waals surface area contributed by atoms with E-state index in [0.29, 0.717) is 0 Å². The average molecular weight is 329 g/mol. The molecule has 0 unspecified atom stereocenters. The number of rotatable bonds is 6. The van der Waals surface area contributed by atoms with Crippen LogP contribution in [0.5, 0.6) is 0 Å². The maximum absolute atomic E-state index is 11.6. The van der Waals surface area contributed by atoms with Crippen LogP contribution in [-0.4, -0.2) is 25.5 Å². The number of para-hydroxylation sites is 1. The lowest BCUT2D eigenvalue weighted by Crippen LogP contribution is -2.40. The quantitative estimate of drug-likeness (QED) is 0.713. The third-order valence-corrected chi connectivity index (χ3v) is 4.19. The van der Waals surface area contributed by atoms with Gasteiger partial charge >= 0.3 is 6.03 Å². The smallest absolute Gasteiger partial charge is 0.321 e. The lowest BCUT2D eigenvalue weighted by molar-refractivity contribution is -0.118. The highest BCUT2D eigenvalue weighted by Crippen LogP contribution is 2.29. The molecular formula is C17H19N3O2S. The molecular weight excluding hydrogens is 310 g/mol. The summed E-state index contributed by atoms with van der Waals surface area (Å²) in [4.78, 5) is 23.8. The van der Waals surface area contributed by atoms with Gasteiger partial charge in [-0.25, -0.2) is 4.79 Å². The molecule has 23 heavy (non-hydrogen) atoms. The van der Waals surface area contributed by atoms with Crippen molar-refractivity contribution in [2.75, 3.05) is 18.9 Å². The van der Waals surface area contributed by atoms with Crippen LogP contribution in [0, 0.1) is 0 Å². The highest BCUT2D eigenvalue weighted by atomic mass is 32.2. The number of carbonyl (C=O) groups is 2. The molecule has 2 aromatic carbocycles. The number of imide groups is 1. The monoisotopic (exact) mass is 329 g/mol. The Bertz CT molecular complexity index is 662. The maximum Gasteiger partial charge on any atom is 0.321 e. The predicted molar refractivity (Wildman–Crippen MR) is 93.5 cm³/mol. The van der Waals surface area contributed by atoms with Gasteiger partial charge in [-0.2, -0.15) is 0 Å². The molecule has 0 fully saturated rings. The molecule has 3 N–H and O–H groups in total. The first-order chi connectivity index (χ1) is 11.2. The van der Waals surface area contributed by atoms with Crippen LogP contribution in [0.2, 0.25) is 0 Å². The van der Waals surface area contributed by atoms with Gasteiger partial charge in [-0.15, -0.1) is 11.8 Å². The van der Waals surface area contributed by atoms with E-state index in [0.717, 1.165) is 16.3 Å². The zero-order valence-corrected chi connectivity index (χ0v) is 13.7. The summed E-state index contributed by atoms with van der Waals surface area (Å²) in [6, 6.07) is 17.5. The van der Waals surface area contributed by atoms with E-state index in [4.69, 9.17) is 0 Å². The Balaban J connectivity index is 1.92. The van der Waals surface area contributed by atoms with E-state index in [9.17, 15) is 9.59 Å². The summed E-state index contributed by atoms with van der Waals surface area (Å²) in [5.74, 6) is 0.469. The minimum absolute atomic E-state index is 0.0380. The highest BCUT2D eigenvalue weighted by molar-refractivity contribution is 7.98. The summed E-state index contributed by atoms with van der Waals surface area (Å²) in [5, 5.41) is 7.63. The molecule has 0 atom stereocenters. The normalized spacial score (nSPS) is 9.96. The van der Waals surface area contributed by atoms with Gasteiger partial charge < -0.3 is 10.6 Å². The van der Waals surface area contributed by atoms with E-state index in [1.807, 2.05) is 42.5 Å². The molecule has 0 aromatic heterocycles. The maximum atomic E-state index is 11.6. The second-order valence-electron chi connectivity index (χ2n) is 4.75. The second-order valence-corrected chi connectivity index (χ2v) is 5.77. The van der Waals surface area contributed by atoms with Crippen LogP contribution in [0.3, 0.4) is 0 Å². The molecule has 120 valence electrons. The molecule has 0 aliphatic heterocycles. The standard InChI is InChI=1S/C17H19N3O2S/c1-18-17(22)20-16(21)11-19-14-9-5-6-10-15(14)23-12-13-7-3-2-4-8-13/h2-10,19H,11-12H2,1H3,(H2,18,20,21,22). The van der Waals surface area contributed by atoms with Crippen LogP contribution in [0.1, 0.15) is 5.56 Å². The van der Waals surface area contributed by atoms with Gasteiger partial charge in [-0.05, 0) is 17.7 Å². The van der Waals surface area contributed by atoms with Crippen LogP contribution in [0.15, 0.2) is 59.5 Å². The van der Waals surface area contributed by atoms with E-state index in [1.54, 1.807) is 11.8 Å². The van der Waals surface area contributed by atoms with Crippen LogP contribution in [0.25, 0.3) is 0 Å². The van der Waals surface area contributed by atoms with E-state index in [-0.39, 0.29) is 12.5 Å². The Morgan fingerprint density at radius 3 is 2.43 bits per heavy atom. The summed E-state index contributed by atoms with van der Waals surface area (Å²) in [7, 11) is 1.46. The summed E-state index contributed by atoms with van der Waals surface area (Å²) < 4.78 is 0. The average Bonchev–Trinajstić information content (AvgIpc) is 2.59. The van der Waals surface area contributed by atoms with Gasteiger partial charge in [0.05, 0.1) is 6.54 Å². The second kappa shape index (κ2) is 8.85. The molecule has 0 heterocycles. The first kappa shape index (κ1) is 16.9. The van der Waals surface area contributed by atoms with E-state index < -0.39 is 6.03 Å². The molecule has 3 amide bonds. The number of amides is 3. The number of anilines is 1. The number of benzene rings is 2. The molecule has 2 aromatic rings. The van der Waals surface area contributed by atoms with Crippen LogP contribution in [0.4, 0.5) is 10.5 Å². The van der Waals surface area contributed by atoms with Crippen molar-refractivity contribution in [2.45, 2.75) is 10.6 Å². The Hall–Kier alpha value is -2.47. The van der Waals surface area contributed by atoms with Crippen LogP contribution in [-0.2, 0) is 10.5 Å². The minimum atomic E-state index is -0.511. The van der Waals surface area contributed by atoms with E-state index in [2.05, 4.69) is 28.1 Å². The molecule has 0 bridgehead atoms. The van der Waals surface area contributed by atoms with Gasteiger partial charge in [0.15, 0.2) is 0 Å². The fraction of sp³-hybridized carbons (Fsp3) is 0.176. The lowest BCUT2D eigenvalue weighted by atomic mass is 10.2. The number of carbonyl (C=O) groups excluding carboxylic acids is 2. The first-order valence-corrected chi connectivity index (χ1v) is 8.19. The molecule has 0 saturated heterocycles. The topological polar surface area (TPSA) is 70.2 Å². The van der Waals surface area contributed by atoms with Crippen molar-refractivity contribution in [2.24, 2.45) is 0 Å². The molecule has 5 nitrogen and oxygen atoms in total. The summed E-state index contributed by atoms with van der Waals surface area (Å²) in [5.41, 5.74) is 2.12. The van der Waals surface area contributed by atoms with Gasteiger partial charge in [-0.3, -0.25) is 10.1 Å². The molecule has 0 aliphatic carbocycles. The number of urea groups is 1. The van der Waals surface area contributed by atoms with Crippen molar-refractivity contribution >= 4 is 29.4 Å². The third-order valence-electron chi connectivity index (χ3n) is 3.04. The molecule has 2 rings (SSSR count). The SMILES string of the molecule is CNC(=O)NC(=O)CNc1ccccc1SCc1ccccc1. The van der Waals surface area contributed by atoms with Gasteiger partial charge in [-0.1, -0.05) is 42.5 Å². The largest absolute Gasteiger partial charge is 0.375 e. The number of hydrogen-bond donors (Lipinski definition) is 3. The van der Waals surface area contributed by atoms with Crippen molar-refractivity contribution in [3.05, 3.63) is 60.2 Å². The molecule has 0 radical (unpaired) electrons. The Kier molecular flexibility index (Phi) is 6.50. The van der Waals surface area contributed by atoms with E-state index in [1.165, 1.54) is 12.6 Å². The molecule has 0 aliphatic rings. The van der Waals surface area contributed by atoms with Gasteiger partial charge in [0, 0.05) is 23.4 Å². The lowest BCUT2D eigenvalue weighted by Gasteiger charge is -2.11. The van der Waals surface area contributed by atoms with Crippen molar-refractivity contribution in [1.82, 2.24) is 10.6 Å². The summed E-state index contributed by atoms with van der Waals surface area (Å²) in [6.45, 7) is 0.0380. The van der Waals surface area contributed by atoms with Crippen molar-refractivity contribution in [3.63, 3.8) is 0 Å². The highest BCUT2D eigenvalue weighted by Gasteiger charge is 2.07. The molecule has 0 spiro atoms. The van der Waals surface area contributed by atoms with E-state index >= 15 is 0 Å². The molecule has 0 saturated carbocycles. The Labute approximate surface area is 139 Å². The summed E-state index contributed by atoms with van der Waals surface area (Å²) in [6.07, 6.45) is 0. The van der Waals surface area contributed by atoms with Crippen LogP contribution >= 0.6 is 11.8 Å². The number of thioether (sulfide) groups is 1. The minimum Gasteiger partial charge on any atom is -0.375 e. The van der Waals surface area contributed by atoms with Crippen molar-refractivity contribution in [1.29, 1.82) is 0 Å². The Morgan fingerprint density at radius 2 is 1.70 bits per heavy atom. The number of nitrogens with one attached hydrogen (secondary N) is 3. The third kappa shape index (κ3) is 5.67. The van der Waals surface area contributed by atoms with Crippen molar-refractivity contribution < 1.29 is 9.59 Å². The van der Waals surface area contributed by atoms with Crippen LogP contribution < -0.4 is 16.0 Å². The number of hydrogen-bond acceptors (Lipinski definition) is 4. The molecule has 6 heteroatoms. The van der Waals surface area contributed by atoms with Gasteiger partial charge in [0.1, 0.15) is 0 Å².